The molecule has 0 fully saturated rings. The van der Waals surface area contributed by atoms with Crippen LogP contribution in [-0.2, 0) is 5.41 Å². The van der Waals surface area contributed by atoms with Gasteiger partial charge in [0.05, 0.1) is 17.3 Å². The molecular formula is C18H12F3N7. The second-order valence-corrected chi connectivity index (χ2v) is 6.32. The molecule has 28 heavy (non-hydrogen) atoms. The highest BCUT2D eigenvalue weighted by atomic mass is 19.4. The maximum absolute atomic E-state index is 14.0. The second kappa shape index (κ2) is 6.53. The third-order valence-corrected chi connectivity index (χ3v) is 4.76. The van der Waals surface area contributed by atoms with Crippen LogP contribution in [0.4, 0.5) is 13.2 Å². The minimum atomic E-state index is -4.56. The maximum Gasteiger partial charge on any atom is 0.403 e. The summed E-state index contributed by atoms with van der Waals surface area (Å²) in [6.45, 7) is 0. The molecule has 0 aliphatic carbocycles. The number of hydrogen-bond donors (Lipinski definition) is 0. The molecule has 3 heterocycles. The van der Waals surface area contributed by atoms with Gasteiger partial charge in [-0.25, -0.2) is 19.6 Å². The maximum atomic E-state index is 14.0. The lowest BCUT2D eigenvalue weighted by molar-refractivity contribution is -0.169. The number of nitriles is 1. The zero-order chi connectivity index (χ0) is 19.8. The Hall–Kier alpha value is -3.61. The summed E-state index contributed by atoms with van der Waals surface area (Å²) in [6.07, 6.45) is 2.30. The van der Waals surface area contributed by atoms with Crippen LogP contribution in [0.25, 0.3) is 5.69 Å². The number of nitrogens with zero attached hydrogens (tertiary/aromatic N) is 7. The van der Waals surface area contributed by atoms with Gasteiger partial charge in [-0.05, 0) is 24.1 Å². The quantitative estimate of drug-likeness (QED) is 0.693. The number of benzene rings is 1. The summed E-state index contributed by atoms with van der Waals surface area (Å²) in [4.78, 5) is 15.4. The van der Waals surface area contributed by atoms with Crippen molar-refractivity contribution in [3.63, 3.8) is 0 Å². The summed E-state index contributed by atoms with van der Waals surface area (Å²) in [5.74, 6) is 0. The first kappa shape index (κ1) is 17.8. The van der Waals surface area contributed by atoms with Crippen LogP contribution in [0.3, 0.4) is 0 Å². The highest BCUT2D eigenvalue weighted by Gasteiger charge is 2.58. The van der Waals surface area contributed by atoms with Crippen molar-refractivity contribution in [2.45, 2.75) is 24.1 Å². The van der Waals surface area contributed by atoms with Gasteiger partial charge in [-0.3, -0.25) is 4.99 Å². The van der Waals surface area contributed by atoms with E-state index < -0.39 is 17.6 Å². The lowest BCUT2D eigenvalue weighted by Crippen LogP contribution is -2.42. The highest BCUT2D eigenvalue weighted by Crippen LogP contribution is 2.49. The van der Waals surface area contributed by atoms with Gasteiger partial charge in [-0.2, -0.15) is 23.5 Å². The normalized spacial score (nSPS) is 21.6. The van der Waals surface area contributed by atoms with E-state index in [-0.39, 0.29) is 17.5 Å². The Kier molecular flexibility index (Phi) is 4.15. The molecule has 0 N–H and O–H groups in total. The smallest absolute Gasteiger partial charge is 0.288 e. The Labute approximate surface area is 157 Å². The standard InChI is InChI=1S/C18H12F3N7/c19-18(20,21)17(14-6-23-9-24-7-14)4-15(26-8-17)12-1-2-16(13(3-12)5-22)28-11-25-10-27-28/h1-3,6-11,15H,4H2. The van der Waals surface area contributed by atoms with Gasteiger partial charge in [0.25, 0.3) is 0 Å². The van der Waals surface area contributed by atoms with Crippen molar-refractivity contribution in [2.75, 3.05) is 0 Å². The summed E-state index contributed by atoms with van der Waals surface area (Å²) >= 11 is 0. The van der Waals surface area contributed by atoms with Gasteiger partial charge in [0.2, 0.25) is 0 Å². The molecule has 4 rings (SSSR count). The van der Waals surface area contributed by atoms with Gasteiger partial charge in [0.1, 0.15) is 30.5 Å². The summed E-state index contributed by atoms with van der Waals surface area (Å²) in [5, 5.41) is 13.4. The molecule has 1 aliphatic heterocycles. The molecule has 1 aromatic carbocycles. The topological polar surface area (TPSA) is 92.6 Å². The van der Waals surface area contributed by atoms with Crippen LogP contribution >= 0.6 is 0 Å². The van der Waals surface area contributed by atoms with Crippen molar-refractivity contribution < 1.29 is 13.2 Å². The summed E-state index contributed by atoms with van der Waals surface area (Å²) in [6, 6.07) is 6.10. The predicted octanol–water partition coefficient (Wildman–Crippen LogP) is 2.94. The van der Waals surface area contributed by atoms with E-state index in [0.717, 1.165) is 18.6 Å². The Bertz CT molecular complexity index is 1060. The molecule has 2 atom stereocenters. The largest absolute Gasteiger partial charge is 0.403 e. The summed E-state index contributed by atoms with van der Waals surface area (Å²) in [7, 11) is 0. The van der Waals surface area contributed by atoms with Crippen molar-refractivity contribution in [1.29, 1.82) is 5.26 Å². The summed E-state index contributed by atoms with van der Waals surface area (Å²) in [5.41, 5.74) is -1.06. The lowest BCUT2D eigenvalue weighted by atomic mass is 9.78. The van der Waals surface area contributed by atoms with E-state index in [1.807, 2.05) is 6.07 Å². The number of rotatable bonds is 3. The van der Waals surface area contributed by atoms with Gasteiger partial charge >= 0.3 is 6.18 Å². The Morgan fingerprint density at radius 1 is 1.14 bits per heavy atom. The summed E-state index contributed by atoms with van der Waals surface area (Å²) < 4.78 is 43.3. The van der Waals surface area contributed by atoms with E-state index in [0.29, 0.717) is 11.3 Å². The van der Waals surface area contributed by atoms with Crippen molar-refractivity contribution in [3.05, 3.63) is 66.3 Å². The fourth-order valence-electron chi connectivity index (χ4n) is 3.29. The zero-order valence-corrected chi connectivity index (χ0v) is 14.2. The molecule has 0 saturated carbocycles. The monoisotopic (exact) mass is 383 g/mol. The zero-order valence-electron chi connectivity index (χ0n) is 14.2. The molecule has 0 bridgehead atoms. The van der Waals surface area contributed by atoms with Crippen LogP contribution in [0.5, 0.6) is 0 Å². The number of hydrogen-bond acceptors (Lipinski definition) is 6. The molecule has 3 aromatic rings. The fourth-order valence-corrected chi connectivity index (χ4v) is 3.29. The Morgan fingerprint density at radius 2 is 1.93 bits per heavy atom. The third kappa shape index (κ3) is 2.81. The molecule has 0 radical (unpaired) electrons. The minimum absolute atomic E-state index is 0.0616. The highest BCUT2D eigenvalue weighted by molar-refractivity contribution is 5.77. The van der Waals surface area contributed by atoms with Gasteiger partial charge in [0, 0.05) is 24.2 Å². The number of halogens is 3. The molecular weight excluding hydrogens is 371 g/mol. The fraction of sp³-hybridized carbons (Fsp3) is 0.222. The van der Waals surface area contributed by atoms with E-state index in [1.54, 1.807) is 12.1 Å². The molecule has 1 aliphatic rings. The molecule has 0 amide bonds. The van der Waals surface area contributed by atoms with Crippen LogP contribution in [-0.4, -0.2) is 37.1 Å². The molecule has 0 saturated heterocycles. The van der Waals surface area contributed by atoms with Crippen molar-refractivity contribution in [2.24, 2.45) is 4.99 Å². The average molecular weight is 383 g/mol. The molecule has 10 heteroatoms. The van der Waals surface area contributed by atoms with E-state index in [1.165, 1.54) is 29.7 Å². The van der Waals surface area contributed by atoms with Gasteiger partial charge < -0.3 is 0 Å². The van der Waals surface area contributed by atoms with Crippen molar-refractivity contribution in [1.82, 2.24) is 24.7 Å². The first-order chi connectivity index (χ1) is 13.4. The number of aliphatic imine (C=N–C) groups is 1. The molecule has 2 unspecified atom stereocenters. The van der Waals surface area contributed by atoms with E-state index >= 15 is 0 Å². The SMILES string of the molecule is N#Cc1cc(C2CC(c3cncnc3)(C(F)(F)F)C=N2)ccc1-n1cncn1. The van der Waals surface area contributed by atoms with Crippen LogP contribution in [0.2, 0.25) is 0 Å². The first-order valence-corrected chi connectivity index (χ1v) is 8.20. The molecule has 2 aromatic heterocycles. The third-order valence-electron chi connectivity index (χ3n) is 4.76. The average Bonchev–Trinajstić information content (AvgIpc) is 3.38. The van der Waals surface area contributed by atoms with Crippen LogP contribution in [0, 0.1) is 11.3 Å². The number of aromatic nitrogens is 5. The Morgan fingerprint density at radius 3 is 2.57 bits per heavy atom. The molecule has 0 spiro atoms. The lowest BCUT2D eigenvalue weighted by Gasteiger charge is -2.29. The van der Waals surface area contributed by atoms with E-state index in [2.05, 4.69) is 25.0 Å². The van der Waals surface area contributed by atoms with E-state index in [9.17, 15) is 18.4 Å². The van der Waals surface area contributed by atoms with Gasteiger partial charge in [-0.15, -0.1) is 0 Å². The number of alkyl halides is 3. The van der Waals surface area contributed by atoms with Crippen molar-refractivity contribution in [3.8, 4) is 11.8 Å². The Balaban J connectivity index is 1.71. The van der Waals surface area contributed by atoms with Gasteiger partial charge in [-0.1, -0.05) is 6.07 Å². The second-order valence-electron chi connectivity index (χ2n) is 6.32. The molecule has 7 nitrogen and oxygen atoms in total. The van der Waals surface area contributed by atoms with Crippen LogP contribution in [0.1, 0.15) is 29.2 Å². The predicted molar refractivity (Wildman–Crippen MR) is 91.7 cm³/mol. The van der Waals surface area contributed by atoms with Crippen LogP contribution in [0.15, 0.2) is 54.6 Å². The van der Waals surface area contributed by atoms with E-state index in [4.69, 9.17) is 0 Å². The molecule has 140 valence electrons. The van der Waals surface area contributed by atoms with Gasteiger partial charge in [0.15, 0.2) is 0 Å². The van der Waals surface area contributed by atoms with Crippen LogP contribution < -0.4 is 0 Å². The van der Waals surface area contributed by atoms with Crippen molar-refractivity contribution >= 4 is 6.21 Å². The first-order valence-electron chi connectivity index (χ1n) is 8.20. The minimum Gasteiger partial charge on any atom is -0.288 e.